The van der Waals surface area contributed by atoms with E-state index in [1.807, 2.05) is 36.4 Å². The summed E-state index contributed by atoms with van der Waals surface area (Å²) in [6.07, 6.45) is 1.50. The van der Waals surface area contributed by atoms with Crippen LogP contribution in [-0.4, -0.2) is 0 Å². The van der Waals surface area contributed by atoms with Gasteiger partial charge in [0.05, 0.1) is 12.1 Å². The molecule has 0 aliphatic heterocycles. The van der Waals surface area contributed by atoms with Crippen molar-refractivity contribution in [1.29, 1.82) is 10.5 Å². The largest absolute Gasteiger partial charge is 0.197 e. The Kier molecular flexibility index (Phi) is 3.47. The average molecular weight is 198 g/mol. The molecule has 0 radical (unpaired) electrons. The van der Waals surface area contributed by atoms with Gasteiger partial charge < -0.3 is 0 Å². The summed E-state index contributed by atoms with van der Waals surface area (Å²) < 4.78 is 0. The highest BCUT2D eigenvalue weighted by atomic mass is 14.4. The fraction of sp³-hybridized carbons (Fsp3) is 0.385. The van der Waals surface area contributed by atoms with Crippen LogP contribution < -0.4 is 0 Å². The van der Waals surface area contributed by atoms with E-state index < -0.39 is 5.41 Å². The van der Waals surface area contributed by atoms with Crippen molar-refractivity contribution in [1.82, 2.24) is 0 Å². The second-order valence-corrected chi connectivity index (χ2v) is 3.90. The van der Waals surface area contributed by atoms with E-state index in [0.717, 1.165) is 12.0 Å². The Hall–Kier alpha value is -1.80. The molecule has 0 bridgehead atoms. The zero-order valence-electron chi connectivity index (χ0n) is 9.12. The number of benzene rings is 1. The number of nitriles is 2. The lowest BCUT2D eigenvalue weighted by Gasteiger charge is -2.11. The highest BCUT2D eigenvalue weighted by Crippen LogP contribution is 2.20. The quantitative estimate of drug-likeness (QED) is 0.749. The normalized spacial score (nSPS) is 10.4. The Bertz CT molecular complexity index is 390. The SMILES string of the molecule is CCc1ccc(CC(C)(C#N)C#N)cc1. The number of rotatable bonds is 3. The second-order valence-electron chi connectivity index (χ2n) is 3.90. The zero-order chi connectivity index (χ0) is 11.3. The van der Waals surface area contributed by atoms with E-state index in [4.69, 9.17) is 10.5 Å². The highest BCUT2D eigenvalue weighted by molar-refractivity contribution is 5.27. The van der Waals surface area contributed by atoms with Crippen LogP contribution >= 0.6 is 0 Å². The molecule has 0 saturated heterocycles. The third-order valence-corrected chi connectivity index (χ3v) is 2.48. The first-order valence-electron chi connectivity index (χ1n) is 5.04. The summed E-state index contributed by atoms with van der Waals surface area (Å²) in [6.45, 7) is 3.77. The molecule has 76 valence electrons. The summed E-state index contributed by atoms with van der Waals surface area (Å²) in [5, 5.41) is 17.7. The lowest BCUT2D eigenvalue weighted by molar-refractivity contribution is 0.580. The molecular weight excluding hydrogens is 184 g/mol. The molecule has 0 fully saturated rings. The van der Waals surface area contributed by atoms with Crippen molar-refractivity contribution >= 4 is 0 Å². The van der Waals surface area contributed by atoms with Crippen molar-refractivity contribution < 1.29 is 0 Å². The van der Waals surface area contributed by atoms with Crippen LogP contribution in [0.15, 0.2) is 24.3 Å². The minimum absolute atomic E-state index is 0.490. The maximum atomic E-state index is 8.87. The Balaban J connectivity index is 2.83. The second kappa shape index (κ2) is 4.62. The molecule has 0 aliphatic carbocycles. The van der Waals surface area contributed by atoms with Crippen molar-refractivity contribution in [3.05, 3.63) is 35.4 Å². The summed E-state index contributed by atoms with van der Waals surface area (Å²) in [5.74, 6) is 0. The molecule has 1 aromatic rings. The predicted molar refractivity (Wildman–Crippen MR) is 58.9 cm³/mol. The van der Waals surface area contributed by atoms with Crippen molar-refractivity contribution in [2.24, 2.45) is 5.41 Å². The van der Waals surface area contributed by atoms with Gasteiger partial charge in [-0.3, -0.25) is 0 Å². The molecule has 2 nitrogen and oxygen atoms in total. The van der Waals surface area contributed by atoms with Gasteiger partial charge in [0, 0.05) is 6.42 Å². The van der Waals surface area contributed by atoms with Gasteiger partial charge in [-0.2, -0.15) is 10.5 Å². The maximum absolute atomic E-state index is 8.87. The molecule has 0 unspecified atom stereocenters. The van der Waals surface area contributed by atoms with Gasteiger partial charge in [-0.05, 0) is 24.5 Å². The van der Waals surface area contributed by atoms with Crippen LogP contribution in [0.1, 0.15) is 25.0 Å². The van der Waals surface area contributed by atoms with Gasteiger partial charge in [0.15, 0.2) is 0 Å². The summed E-state index contributed by atoms with van der Waals surface area (Å²) in [7, 11) is 0. The van der Waals surface area contributed by atoms with E-state index in [-0.39, 0.29) is 0 Å². The molecule has 2 heteroatoms. The van der Waals surface area contributed by atoms with E-state index in [2.05, 4.69) is 6.92 Å². The van der Waals surface area contributed by atoms with Gasteiger partial charge in [0.25, 0.3) is 0 Å². The lowest BCUT2D eigenvalue weighted by atomic mass is 9.86. The number of aryl methyl sites for hydroxylation is 1. The first-order valence-corrected chi connectivity index (χ1v) is 5.04. The third kappa shape index (κ3) is 2.82. The van der Waals surface area contributed by atoms with Crippen molar-refractivity contribution in [2.75, 3.05) is 0 Å². The first-order chi connectivity index (χ1) is 7.13. The zero-order valence-corrected chi connectivity index (χ0v) is 9.12. The van der Waals surface area contributed by atoms with Gasteiger partial charge in [-0.1, -0.05) is 31.2 Å². The molecule has 0 spiro atoms. The van der Waals surface area contributed by atoms with Crippen molar-refractivity contribution in [2.45, 2.75) is 26.7 Å². The Morgan fingerprint density at radius 3 is 1.93 bits per heavy atom. The van der Waals surface area contributed by atoms with Crippen molar-refractivity contribution in [3.8, 4) is 12.1 Å². The number of nitrogens with zero attached hydrogens (tertiary/aromatic N) is 2. The monoisotopic (exact) mass is 198 g/mol. The summed E-state index contributed by atoms with van der Waals surface area (Å²) in [4.78, 5) is 0. The summed E-state index contributed by atoms with van der Waals surface area (Å²) >= 11 is 0. The topological polar surface area (TPSA) is 47.6 Å². The Morgan fingerprint density at radius 2 is 1.53 bits per heavy atom. The molecular formula is C13H14N2. The van der Waals surface area contributed by atoms with E-state index in [0.29, 0.717) is 6.42 Å². The van der Waals surface area contributed by atoms with E-state index >= 15 is 0 Å². The third-order valence-electron chi connectivity index (χ3n) is 2.48. The molecule has 0 aromatic heterocycles. The van der Waals surface area contributed by atoms with Gasteiger partial charge in [0.2, 0.25) is 0 Å². The Morgan fingerprint density at radius 1 is 1.07 bits per heavy atom. The molecule has 15 heavy (non-hydrogen) atoms. The van der Waals surface area contributed by atoms with Crippen LogP contribution in [0, 0.1) is 28.1 Å². The Labute approximate surface area is 90.8 Å². The summed E-state index contributed by atoms with van der Waals surface area (Å²) in [5.41, 5.74) is 1.40. The highest BCUT2D eigenvalue weighted by Gasteiger charge is 2.23. The van der Waals surface area contributed by atoms with Crippen molar-refractivity contribution in [3.63, 3.8) is 0 Å². The fourth-order valence-electron chi connectivity index (χ4n) is 1.41. The van der Waals surface area contributed by atoms with E-state index in [9.17, 15) is 0 Å². The van der Waals surface area contributed by atoms with E-state index in [1.165, 1.54) is 5.56 Å². The molecule has 0 aliphatic rings. The molecule has 0 atom stereocenters. The van der Waals surface area contributed by atoms with E-state index in [1.54, 1.807) is 6.92 Å². The summed E-state index contributed by atoms with van der Waals surface area (Å²) in [6, 6.07) is 12.2. The fourth-order valence-corrected chi connectivity index (χ4v) is 1.41. The molecule has 0 heterocycles. The van der Waals surface area contributed by atoms with Crippen LogP contribution in [0.25, 0.3) is 0 Å². The smallest absolute Gasteiger partial charge is 0.145 e. The van der Waals surface area contributed by atoms with Crippen LogP contribution in [0.5, 0.6) is 0 Å². The van der Waals surface area contributed by atoms with Gasteiger partial charge in [-0.25, -0.2) is 0 Å². The molecule has 1 aromatic carbocycles. The molecule has 0 saturated carbocycles. The average Bonchev–Trinajstić information content (AvgIpc) is 2.30. The van der Waals surface area contributed by atoms with Gasteiger partial charge in [-0.15, -0.1) is 0 Å². The molecule has 1 rings (SSSR count). The van der Waals surface area contributed by atoms with Crippen LogP contribution in [-0.2, 0) is 12.8 Å². The number of hydrogen-bond acceptors (Lipinski definition) is 2. The maximum Gasteiger partial charge on any atom is 0.145 e. The lowest BCUT2D eigenvalue weighted by Crippen LogP contribution is -2.14. The predicted octanol–water partition coefficient (Wildman–Crippen LogP) is 2.84. The van der Waals surface area contributed by atoms with Crippen LogP contribution in [0.4, 0.5) is 0 Å². The van der Waals surface area contributed by atoms with Crippen LogP contribution in [0.2, 0.25) is 0 Å². The van der Waals surface area contributed by atoms with Gasteiger partial charge in [0.1, 0.15) is 5.41 Å². The van der Waals surface area contributed by atoms with Crippen LogP contribution in [0.3, 0.4) is 0 Å². The molecule has 0 amide bonds. The molecule has 0 N–H and O–H groups in total. The van der Waals surface area contributed by atoms with Gasteiger partial charge >= 0.3 is 0 Å². The minimum Gasteiger partial charge on any atom is -0.197 e. The first kappa shape index (κ1) is 11.3. The number of hydrogen-bond donors (Lipinski definition) is 0. The standard InChI is InChI=1S/C13H14N2/c1-3-11-4-6-12(7-5-11)8-13(2,9-14)10-15/h4-7H,3,8H2,1-2H3. The minimum atomic E-state index is -0.909.